The third kappa shape index (κ3) is 2.29. The van der Waals surface area contributed by atoms with Gasteiger partial charge in [0.05, 0.1) is 17.2 Å². The van der Waals surface area contributed by atoms with Crippen LogP contribution in [0.25, 0.3) is 0 Å². The van der Waals surface area contributed by atoms with Crippen LogP contribution in [0.2, 0.25) is 0 Å². The molecule has 0 aromatic carbocycles. The van der Waals surface area contributed by atoms with Gasteiger partial charge in [0.25, 0.3) is 0 Å². The summed E-state index contributed by atoms with van der Waals surface area (Å²) in [4.78, 5) is 5.65. The third-order valence-corrected chi connectivity index (χ3v) is 3.91. The van der Waals surface area contributed by atoms with Crippen LogP contribution in [0.3, 0.4) is 0 Å². The fourth-order valence-corrected chi connectivity index (χ4v) is 3.19. The van der Waals surface area contributed by atoms with Gasteiger partial charge in [-0.15, -0.1) is 11.3 Å². The molecule has 1 aromatic heterocycles. The zero-order chi connectivity index (χ0) is 11.8. The molecule has 0 bridgehead atoms. The van der Waals surface area contributed by atoms with Gasteiger partial charge in [-0.1, -0.05) is 20.8 Å². The van der Waals surface area contributed by atoms with Crippen molar-refractivity contribution in [2.24, 2.45) is 0 Å². The average Bonchev–Trinajstić information content (AvgIpc) is 2.85. The number of aliphatic hydroxyl groups excluding tert-OH is 1. The summed E-state index contributed by atoms with van der Waals surface area (Å²) in [6, 6.07) is 0. The number of aliphatic hydroxyl groups is 1. The van der Waals surface area contributed by atoms with Crippen molar-refractivity contribution in [1.29, 1.82) is 0 Å². The highest BCUT2D eigenvalue weighted by atomic mass is 32.1. The molecule has 1 unspecified atom stereocenters. The summed E-state index contributed by atoms with van der Waals surface area (Å²) in [6.45, 7) is 7.29. The lowest BCUT2D eigenvalue weighted by Gasteiger charge is -2.16. The second-order valence-electron chi connectivity index (χ2n) is 5.23. The Morgan fingerprint density at radius 2 is 2.25 bits per heavy atom. The lowest BCUT2D eigenvalue weighted by Crippen LogP contribution is -2.14. The van der Waals surface area contributed by atoms with Gasteiger partial charge in [-0.05, 0) is 12.8 Å². The van der Waals surface area contributed by atoms with E-state index in [0.717, 1.165) is 35.0 Å². The maximum absolute atomic E-state index is 9.37. The lowest BCUT2D eigenvalue weighted by molar-refractivity contribution is 0.111. The summed E-state index contributed by atoms with van der Waals surface area (Å²) < 4.78 is 5.63. The van der Waals surface area contributed by atoms with Crippen LogP contribution in [0.5, 0.6) is 0 Å². The summed E-state index contributed by atoms with van der Waals surface area (Å²) in [6.07, 6.45) is 2.33. The number of aromatic nitrogens is 1. The molecule has 1 N–H and O–H groups in total. The average molecular weight is 241 g/mol. The minimum absolute atomic E-state index is 0.00851. The van der Waals surface area contributed by atoms with Gasteiger partial charge in [0.2, 0.25) is 0 Å². The molecule has 2 heterocycles. The maximum Gasteiger partial charge on any atom is 0.122 e. The molecule has 0 radical (unpaired) electrons. The van der Waals surface area contributed by atoms with E-state index in [2.05, 4.69) is 25.8 Å². The highest BCUT2D eigenvalue weighted by Gasteiger charge is 2.27. The zero-order valence-electron chi connectivity index (χ0n) is 10.1. The van der Waals surface area contributed by atoms with Crippen LogP contribution in [0.1, 0.15) is 55.3 Å². The first-order valence-corrected chi connectivity index (χ1v) is 6.56. The van der Waals surface area contributed by atoms with Gasteiger partial charge in [0, 0.05) is 12.0 Å². The summed E-state index contributed by atoms with van der Waals surface area (Å²) in [5, 5.41) is 10.4. The van der Waals surface area contributed by atoms with Gasteiger partial charge in [0.15, 0.2) is 0 Å². The van der Waals surface area contributed by atoms with Crippen LogP contribution in [0.4, 0.5) is 0 Å². The van der Waals surface area contributed by atoms with E-state index < -0.39 is 0 Å². The number of ether oxygens (including phenoxy) is 1. The Balaban J connectivity index is 2.31. The SMILES string of the molecule is CC(C)(C)c1nc(C2CCCO2)sc1CO. The van der Waals surface area contributed by atoms with Crippen molar-refractivity contribution in [1.82, 2.24) is 4.98 Å². The van der Waals surface area contributed by atoms with Gasteiger partial charge < -0.3 is 9.84 Å². The number of hydrogen-bond donors (Lipinski definition) is 1. The molecule has 1 atom stereocenters. The third-order valence-electron chi connectivity index (χ3n) is 2.77. The molecule has 0 amide bonds. The van der Waals surface area contributed by atoms with E-state index in [-0.39, 0.29) is 18.1 Å². The van der Waals surface area contributed by atoms with E-state index in [1.165, 1.54) is 0 Å². The van der Waals surface area contributed by atoms with E-state index >= 15 is 0 Å². The Labute approximate surface area is 100 Å². The Morgan fingerprint density at radius 3 is 2.69 bits per heavy atom. The molecular formula is C12H19NO2S. The summed E-state index contributed by atoms with van der Waals surface area (Å²) in [5.74, 6) is 0. The predicted octanol–water partition coefficient (Wildman–Crippen LogP) is 2.78. The molecule has 90 valence electrons. The Hall–Kier alpha value is -0.450. The lowest BCUT2D eigenvalue weighted by atomic mass is 9.91. The predicted molar refractivity (Wildman–Crippen MR) is 64.7 cm³/mol. The fraction of sp³-hybridized carbons (Fsp3) is 0.750. The van der Waals surface area contributed by atoms with Crippen molar-refractivity contribution < 1.29 is 9.84 Å². The molecule has 1 aliphatic heterocycles. The van der Waals surface area contributed by atoms with Crippen molar-refractivity contribution >= 4 is 11.3 Å². The minimum atomic E-state index is -0.00851. The van der Waals surface area contributed by atoms with Gasteiger partial charge in [-0.2, -0.15) is 0 Å². The molecule has 0 saturated carbocycles. The quantitative estimate of drug-likeness (QED) is 0.865. The Morgan fingerprint density at radius 1 is 1.50 bits per heavy atom. The Bertz CT molecular complexity index is 362. The molecule has 1 aliphatic rings. The van der Waals surface area contributed by atoms with Crippen LogP contribution in [-0.2, 0) is 16.8 Å². The first-order valence-electron chi connectivity index (χ1n) is 5.75. The molecule has 1 fully saturated rings. The van der Waals surface area contributed by atoms with Crippen molar-refractivity contribution in [2.75, 3.05) is 6.61 Å². The van der Waals surface area contributed by atoms with E-state index in [9.17, 15) is 5.11 Å². The van der Waals surface area contributed by atoms with Crippen LogP contribution in [0, 0.1) is 0 Å². The molecule has 1 saturated heterocycles. The highest BCUT2D eigenvalue weighted by Crippen LogP contribution is 2.36. The number of nitrogens with zero attached hydrogens (tertiary/aromatic N) is 1. The van der Waals surface area contributed by atoms with Crippen molar-refractivity contribution in [3.8, 4) is 0 Å². The van der Waals surface area contributed by atoms with E-state index in [1.54, 1.807) is 11.3 Å². The first-order chi connectivity index (χ1) is 7.52. The topological polar surface area (TPSA) is 42.4 Å². The molecule has 0 spiro atoms. The van der Waals surface area contributed by atoms with Crippen LogP contribution >= 0.6 is 11.3 Å². The summed E-state index contributed by atoms with van der Waals surface area (Å²) in [7, 11) is 0. The van der Waals surface area contributed by atoms with Crippen LogP contribution in [0.15, 0.2) is 0 Å². The second kappa shape index (κ2) is 4.43. The van der Waals surface area contributed by atoms with E-state index in [4.69, 9.17) is 4.74 Å². The van der Waals surface area contributed by atoms with Crippen molar-refractivity contribution in [3.05, 3.63) is 15.6 Å². The fourth-order valence-electron chi connectivity index (χ4n) is 1.97. The minimum Gasteiger partial charge on any atom is -0.391 e. The van der Waals surface area contributed by atoms with Gasteiger partial charge in [-0.25, -0.2) is 4.98 Å². The van der Waals surface area contributed by atoms with Gasteiger partial charge in [0.1, 0.15) is 11.1 Å². The van der Waals surface area contributed by atoms with Crippen LogP contribution < -0.4 is 0 Å². The normalized spacial score (nSPS) is 21.6. The van der Waals surface area contributed by atoms with E-state index in [0.29, 0.717) is 0 Å². The highest BCUT2D eigenvalue weighted by molar-refractivity contribution is 7.11. The molecule has 16 heavy (non-hydrogen) atoms. The second-order valence-corrected chi connectivity index (χ2v) is 6.35. The standard InChI is InChI=1S/C12H19NO2S/c1-12(2,3)10-9(7-14)16-11(13-10)8-5-4-6-15-8/h8,14H,4-7H2,1-3H3. The molecular weight excluding hydrogens is 222 g/mol. The number of hydrogen-bond acceptors (Lipinski definition) is 4. The summed E-state index contributed by atoms with van der Waals surface area (Å²) >= 11 is 1.60. The molecule has 3 nitrogen and oxygen atoms in total. The van der Waals surface area contributed by atoms with Crippen molar-refractivity contribution in [2.45, 2.75) is 51.7 Å². The number of thiazole rings is 1. The van der Waals surface area contributed by atoms with Gasteiger partial charge >= 0.3 is 0 Å². The smallest absolute Gasteiger partial charge is 0.122 e. The van der Waals surface area contributed by atoms with E-state index in [1.807, 2.05) is 0 Å². The molecule has 2 rings (SSSR count). The first kappa shape index (κ1) is 12.0. The molecule has 1 aromatic rings. The molecule has 4 heteroatoms. The maximum atomic E-state index is 9.37. The van der Waals surface area contributed by atoms with Crippen LogP contribution in [-0.4, -0.2) is 16.7 Å². The Kier molecular flexibility index (Phi) is 3.33. The number of rotatable bonds is 2. The molecule has 0 aliphatic carbocycles. The summed E-state index contributed by atoms with van der Waals surface area (Å²) in [5.41, 5.74) is 1.01. The largest absolute Gasteiger partial charge is 0.391 e. The monoisotopic (exact) mass is 241 g/mol. The van der Waals surface area contributed by atoms with Crippen molar-refractivity contribution in [3.63, 3.8) is 0 Å². The van der Waals surface area contributed by atoms with Gasteiger partial charge in [-0.3, -0.25) is 0 Å². The zero-order valence-corrected chi connectivity index (χ0v) is 10.9.